The van der Waals surface area contributed by atoms with Crippen LogP contribution in [0.1, 0.15) is 35.9 Å². The number of hydrogen-bond donors (Lipinski definition) is 1. The Hall–Kier alpha value is -1.80. The Labute approximate surface area is 130 Å². The lowest BCUT2D eigenvalue weighted by Gasteiger charge is -2.15. The lowest BCUT2D eigenvalue weighted by atomic mass is 10.1. The molecule has 0 saturated heterocycles. The quantitative estimate of drug-likeness (QED) is 0.627. The van der Waals surface area contributed by atoms with Gasteiger partial charge in [0.15, 0.2) is 0 Å². The van der Waals surface area contributed by atoms with E-state index < -0.39 is 0 Å². The van der Waals surface area contributed by atoms with E-state index in [-0.39, 0.29) is 0 Å². The molecule has 0 radical (unpaired) electrons. The molecule has 0 aliphatic heterocycles. The molecule has 1 aromatic heterocycles. The molecule has 1 N–H and O–H groups in total. The molecule has 0 aliphatic rings. The molecule has 0 spiro atoms. The van der Waals surface area contributed by atoms with Crippen LogP contribution in [0.5, 0.6) is 0 Å². The van der Waals surface area contributed by atoms with Crippen molar-refractivity contribution in [3.05, 3.63) is 64.5 Å². The van der Waals surface area contributed by atoms with Gasteiger partial charge in [-0.15, -0.1) is 11.3 Å². The second kappa shape index (κ2) is 5.90. The molecular weight excluding hydrogens is 274 g/mol. The van der Waals surface area contributed by atoms with Gasteiger partial charge >= 0.3 is 0 Å². The number of anilines is 1. The normalized spacial score (nSPS) is 12.5. The summed E-state index contributed by atoms with van der Waals surface area (Å²) in [6.07, 6.45) is 1.08. The van der Waals surface area contributed by atoms with Crippen LogP contribution in [0.4, 0.5) is 5.69 Å². The van der Waals surface area contributed by atoms with Crippen molar-refractivity contribution in [2.75, 3.05) is 5.32 Å². The van der Waals surface area contributed by atoms with E-state index in [0.717, 1.165) is 6.42 Å². The van der Waals surface area contributed by atoms with Crippen LogP contribution in [-0.4, -0.2) is 0 Å². The zero-order valence-electron chi connectivity index (χ0n) is 12.8. The van der Waals surface area contributed by atoms with Crippen LogP contribution in [0.2, 0.25) is 0 Å². The molecule has 0 saturated carbocycles. The molecule has 1 heterocycles. The third kappa shape index (κ3) is 2.81. The monoisotopic (exact) mass is 295 g/mol. The molecule has 3 rings (SSSR count). The smallest absolute Gasteiger partial charge is 0.0581 e. The Balaban J connectivity index is 1.89. The predicted octanol–water partition coefficient (Wildman–Crippen LogP) is 5.95. The van der Waals surface area contributed by atoms with E-state index in [1.54, 1.807) is 0 Å². The van der Waals surface area contributed by atoms with Crippen molar-refractivity contribution in [2.45, 2.75) is 33.2 Å². The zero-order chi connectivity index (χ0) is 14.8. The Morgan fingerprint density at radius 1 is 1.10 bits per heavy atom. The molecule has 0 aliphatic carbocycles. The number of benzene rings is 2. The van der Waals surface area contributed by atoms with Gasteiger partial charge in [-0.2, -0.15) is 0 Å². The largest absolute Gasteiger partial charge is 0.378 e. The summed E-state index contributed by atoms with van der Waals surface area (Å²) in [6.45, 7) is 6.67. The highest BCUT2D eigenvalue weighted by atomic mass is 32.1. The van der Waals surface area contributed by atoms with Crippen molar-refractivity contribution in [3.63, 3.8) is 0 Å². The highest BCUT2D eigenvalue weighted by molar-refractivity contribution is 7.19. The van der Waals surface area contributed by atoms with Crippen LogP contribution in [0, 0.1) is 6.92 Å². The summed E-state index contributed by atoms with van der Waals surface area (Å²) in [5.74, 6) is 0. The number of aryl methyl sites for hydroxylation is 2. The van der Waals surface area contributed by atoms with E-state index >= 15 is 0 Å². The standard InChI is InChI=1S/C19H21NS/c1-4-15-8-7-9-16(12-15)20-14(3)19-13(2)17-10-5-6-11-18(17)21-19/h5-12,14,20H,4H2,1-3H3. The lowest BCUT2D eigenvalue weighted by Crippen LogP contribution is -2.06. The molecule has 1 nitrogen and oxygen atoms in total. The first-order valence-electron chi connectivity index (χ1n) is 7.52. The van der Waals surface area contributed by atoms with Gasteiger partial charge in [0.1, 0.15) is 0 Å². The minimum absolute atomic E-state index is 0.328. The van der Waals surface area contributed by atoms with Gasteiger partial charge < -0.3 is 5.32 Å². The topological polar surface area (TPSA) is 12.0 Å². The van der Waals surface area contributed by atoms with E-state index in [4.69, 9.17) is 0 Å². The van der Waals surface area contributed by atoms with E-state index in [9.17, 15) is 0 Å². The van der Waals surface area contributed by atoms with Crippen LogP contribution in [-0.2, 0) is 6.42 Å². The van der Waals surface area contributed by atoms with Gasteiger partial charge in [-0.25, -0.2) is 0 Å². The molecule has 0 bridgehead atoms. The van der Waals surface area contributed by atoms with Gasteiger partial charge in [0, 0.05) is 15.3 Å². The fourth-order valence-electron chi connectivity index (χ4n) is 2.80. The molecule has 1 unspecified atom stereocenters. The number of rotatable bonds is 4. The van der Waals surface area contributed by atoms with Gasteiger partial charge in [0.05, 0.1) is 6.04 Å². The molecule has 1 atom stereocenters. The molecule has 21 heavy (non-hydrogen) atoms. The van der Waals surface area contributed by atoms with Crippen LogP contribution in [0.3, 0.4) is 0 Å². The summed E-state index contributed by atoms with van der Waals surface area (Å²) in [7, 11) is 0. The van der Waals surface area contributed by atoms with Crippen molar-refractivity contribution in [2.24, 2.45) is 0 Å². The van der Waals surface area contributed by atoms with Gasteiger partial charge in [-0.05, 0) is 55.0 Å². The summed E-state index contributed by atoms with van der Waals surface area (Å²) in [5.41, 5.74) is 3.99. The maximum atomic E-state index is 3.65. The Morgan fingerprint density at radius 2 is 1.90 bits per heavy atom. The van der Waals surface area contributed by atoms with Crippen molar-refractivity contribution in [1.29, 1.82) is 0 Å². The molecule has 0 amide bonds. The number of nitrogens with one attached hydrogen (secondary N) is 1. The highest BCUT2D eigenvalue weighted by Crippen LogP contribution is 2.35. The molecule has 3 aromatic rings. The third-order valence-electron chi connectivity index (χ3n) is 3.99. The second-order valence-corrected chi connectivity index (χ2v) is 6.59. The third-order valence-corrected chi connectivity index (χ3v) is 5.45. The van der Waals surface area contributed by atoms with Crippen molar-refractivity contribution >= 4 is 27.1 Å². The van der Waals surface area contributed by atoms with Crippen LogP contribution >= 0.6 is 11.3 Å². The first-order chi connectivity index (χ1) is 10.2. The first-order valence-corrected chi connectivity index (χ1v) is 8.34. The molecule has 2 aromatic carbocycles. The van der Waals surface area contributed by atoms with Crippen molar-refractivity contribution in [1.82, 2.24) is 0 Å². The maximum absolute atomic E-state index is 3.65. The Morgan fingerprint density at radius 3 is 2.67 bits per heavy atom. The maximum Gasteiger partial charge on any atom is 0.0581 e. The minimum atomic E-state index is 0.328. The van der Waals surface area contributed by atoms with Crippen molar-refractivity contribution < 1.29 is 0 Å². The van der Waals surface area contributed by atoms with Gasteiger partial charge in [0.2, 0.25) is 0 Å². The van der Waals surface area contributed by atoms with Crippen LogP contribution in [0.25, 0.3) is 10.1 Å². The van der Waals surface area contributed by atoms with Gasteiger partial charge in [-0.1, -0.05) is 37.3 Å². The first kappa shape index (κ1) is 14.2. The molecule has 0 fully saturated rings. The number of thiophene rings is 1. The molecule has 2 heteroatoms. The average Bonchev–Trinajstić information content (AvgIpc) is 2.85. The molecule has 108 valence electrons. The van der Waals surface area contributed by atoms with Crippen molar-refractivity contribution in [3.8, 4) is 0 Å². The molecular formula is C19H21NS. The van der Waals surface area contributed by atoms with E-state index in [1.807, 2.05) is 11.3 Å². The Kier molecular flexibility index (Phi) is 3.98. The van der Waals surface area contributed by atoms with Gasteiger partial charge in [0.25, 0.3) is 0 Å². The van der Waals surface area contributed by atoms with E-state index in [0.29, 0.717) is 6.04 Å². The summed E-state index contributed by atoms with van der Waals surface area (Å²) < 4.78 is 1.38. The fourth-order valence-corrected chi connectivity index (χ4v) is 4.02. The van der Waals surface area contributed by atoms with E-state index in [2.05, 4.69) is 74.6 Å². The lowest BCUT2D eigenvalue weighted by molar-refractivity contribution is 0.899. The summed E-state index contributed by atoms with van der Waals surface area (Å²) in [5, 5.41) is 5.03. The van der Waals surface area contributed by atoms with Gasteiger partial charge in [-0.3, -0.25) is 0 Å². The van der Waals surface area contributed by atoms with Crippen LogP contribution < -0.4 is 5.32 Å². The average molecular weight is 295 g/mol. The Bertz CT molecular complexity index is 757. The summed E-state index contributed by atoms with van der Waals surface area (Å²) >= 11 is 1.90. The second-order valence-electron chi connectivity index (χ2n) is 5.51. The number of hydrogen-bond acceptors (Lipinski definition) is 2. The van der Waals surface area contributed by atoms with Crippen LogP contribution in [0.15, 0.2) is 48.5 Å². The van der Waals surface area contributed by atoms with E-state index in [1.165, 1.54) is 31.8 Å². The summed E-state index contributed by atoms with van der Waals surface area (Å²) in [4.78, 5) is 1.43. The predicted molar refractivity (Wildman–Crippen MR) is 94.4 cm³/mol. The highest BCUT2D eigenvalue weighted by Gasteiger charge is 2.14. The fraction of sp³-hybridized carbons (Fsp3) is 0.263. The minimum Gasteiger partial charge on any atom is -0.378 e. The SMILES string of the molecule is CCc1cccc(NC(C)c2sc3ccccc3c2C)c1. The number of fused-ring (bicyclic) bond motifs is 1. The summed E-state index contributed by atoms with van der Waals surface area (Å²) in [6, 6.07) is 17.7. The zero-order valence-corrected chi connectivity index (χ0v) is 13.6.